The second-order valence-corrected chi connectivity index (χ2v) is 5.29. The van der Waals surface area contributed by atoms with Crippen LogP contribution in [-0.2, 0) is 4.74 Å². The number of esters is 1. The summed E-state index contributed by atoms with van der Waals surface area (Å²) in [6.45, 7) is 2.08. The molecule has 1 heterocycles. The van der Waals surface area contributed by atoms with Crippen molar-refractivity contribution in [1.29, 1.82) is 0 Å². The summed E-state index contributed by atoms with van der Waals surface area (Å²) in [5.41, 5.74) is 6.14. The molecule has 1 aromatic heterocycles. The van der Waals surface area contributed by atoms with Crippen molar-refractivity contribution in [3.8, 4) is 0 Å². The fourth-order valence-electron chi connectivity index (χ4n) is 2.69. The number of anilines is 1. The molecule has 0 radical (unpaired) electrons. The van der Waals surface area contributed by atoms with Crippen molar-refractivity contribution in [1.82, 2.24) is 9.97 Å². The first-order valence-corrected chi connectivity index (χ1v) is 7.52. The zero-order chi connectivity index (χ0) is 14.4. The Kier molecular flexibility index (Phi) is 5.32. The summed E-state index contributed by atoms with van der Waals surface area (Å²) < 4.78 is 4.93. The molecule has 2 rings (SSSR count). The molecule has 20 heavy (non-hydrogen) atoms. The van der Waals surface area contributed by atoms with E-state index < -0.39 is 5.97 Å². The minimum Gasteiger partial charge on any atom is -0.462 e. The molecule has 5 nitrogen and oxygen atoms in total. The lowest BCUT2D eigenvalue weighted by Crippen LogP contribution is -2.14. The van der Waals surface area contributed by atoms with Crippen LogP contribution in [0.3, 0.4) is 0 Å². The van der Waals surface area contributed by atoms with Crippen LogP contribution in [0.2, 0.25) is 0 Å². The van der Waals surface area contributed by atoms with Gasteiger partial charge in [-0.15, -0.1) is 0 Å². The van der Waals surface area contributed by atoms with Gasteiger partial charge in [-0.1, -0.05) is 32.1 Å². The third-order valence-corrected chi connectivity index (χ3v) is 3.80. The molecule has 1 aliphatic rings. The van der Waals surface area contributed by atoms with E-state index in [0.717, 1.165) is 18.7 Å². The molecule has 110 valence electrons. The summed E-state index contributed by atoms with van der Waals surface area (Å²) in [6, 6.07) is 0. The number of ether oxygens (including phenoxy) is 1. The van der Waals surface area contributed by atoms with E-state index in [4.69, 9.17) is 10.5 Å². The van der Waals surface area contributed by atoms with E-state index in [1.807, 2.05) is 0 Å². The first-order valence-electron chi connectivity index (χ1n) is 7.52. The van der Waals surface area contributed by atoms with Crippen LogP contribution in [0.25, 0.3) is 0 Å². The van der Waals surface area contributed by atoms with Gasteiger partial charge in [0, 0.05) is 12.1 Å². The van der Waals surface area contributed by atoms with Crippen LogP contribution in [0.1, 0.15) is 74.0 Å². The van der Waals surface area contributed by atoms with Gasteiger partial charge in [0.25, 0.3) is 0 Å². The molecule has 0 aliphatic heterocycles. The molecule has 1 aliphatic carbocycles. The van der Waals surface area contributed by atoms with Crippen molar-refractivity contribution < 1.29 is 9.53 Å². The van der Waals surface area contributed by atoms with E-state index in [9.17, 15) is 4.79 Å². The summed E-state index contributed by atoms with van der Waals surface area (Å²) >= 11 is 0. The van der Waals surface area contributed by atoms with Crippen LogP contribution in [0.15, 0.2) is 6.20 Å². The number of nitrogen functional groups attached to an aromatic ring is 1. The normalized spacial score (nSPS) is 17.2. The molecule has 0 saturated heterocycles. The lowest BCUT2D eigenvalue weighted by Gasteiger charge is -2.18. The van der Waals surface area contributed by atoms with Gasteiger partial charge in [-0.25, -0.2) is 14.8 Å². The standard InChI is InChI=1S/C15H23N3O2/c1-2-20-15(19)12-10-17-14(18-13(12)16)11-8-6-4-3-5-7-9-11/h10-11H,2-9H2,1H3,(H2,16,17,18). The molecule has 0 bridgehead atoms. The molecular formula is C15H23N3O2. The van der Waals surface area contributed by atoms with Crippen molar-refractivity contribution in [3.63, 3.8) is 0 Å². The second-order valence-electron chi connectivity index (χ2n) is 5.29. The maximum absolute atomic E-state index is 11.7. The summed E-state index contributed by atoms with van der Waals surface area (Å²) in [4.78, 5) is 20.4. The maximum Gasteiger partial charge on any atom is 0.343 e. The first kappa shape index (κ1) is 14.8. The molecule has 1 aromatic rings. The van der Waals surface area contributed by atoms with Crippen molar-refractivity contribution in [3.05, 3.63) is 17.6 Å². The Morgan fingerprint density at radius 1 is 1.30 bits per heavy atom. The van der Waals surface area contributed by atoms with Gasteiger partial charge in [0.05, 0.1) is 6.61 Å². The van der Waals surface area contributed by atoms with Crippen LogP contribution in [0.4, 0.5) is 5.82 Å². The molecule has 0 unspecified atom stereocenters. The molecule has 0 amide bonds. The Balaban J connectivity index is 2.12. The highest BCUT2D eigenvalue weighted by atomic mass is 16.5. The molecule has 5 heteroatoms. The average Bonchev–Trinajstić information content (AvgIpc) is 2.38. The van der Waals surface area contributed by atoms with Gasteiger partial charge in [0.2, 0.25) is 0 Å². The van der Waals surface area contributed by atoms with E-state index >= 15 is 0 Å². The number of carbonyl (C=O) groups is 1. The lowest BCUT2D eigenvalue weighted by molar-refractivity contribution is 0.0526. The SMILES string of the molecule is CCOC(=O)c1cnc(C2CCCCCCC2)nc1N. The fraction of sp³-hybridized carbons (Fsp3) is 0.667. The summed E-state index contributed by atoms with van der Waals surface area (Å²) in [7, 11) is 0. The molecule has 1 saturated carbocycles. The highest BCUT2D eigenvalue weighted by Gasteiger charge is 2.19. The molecule has 0 atom stereocenters. The third kappa shape index (κ3) is 3.68. The predicted molar refractivity (Wildman–Crippen MR) is 77.5 cm³/mol. The second kappa shape index (κ2) is 7.22. The Bertz CT molecular complexity index is 454. The quantitative estimate of drug-likeness (QED) is 0.859. The van der Waals surface area contributed by atoms with Crippen LogP contribution < -0.4 is 5.73 Å². The van der Waals surface area contributed by atoms with E-state index in [1.54, 1.807) is 6.92 Å². The van der Waals surface area contributed by atoms with Crippen molar-refractivity contribution in [2.45, 2.75) is 57.8 Å². The zero-order valence-electron chi connectivity index (χ0n) is 12.1. The molecule has 1 fully saturated rings. The Labute approximate surface area is 119 Å². The van der Waals surface area contributed by atoms with Crippen molar-refractivity contribution >= 4 is 11.8 Å². The Hall–Kier alpha value is -1.65. The van der Waals surface area contributed by atoms with Crippen LogP contribution in [0.5, 0.6) is 0 Å². The number of hydrogen-bond donors (Lipinski definition) is 1. The largest absolute Gasteiger partial charge is 0.462 e. The third-order valence-electron chi connectivity index (χ3n) is 3.80. The number of aromatic nitrogens is 2. The van der Waals surface area contributed by atoms with Gasteiger partial charge < -0.3 is 10.5 Å². The molecule has 0 spiro atoms. The summed E-state index contributed by atoms with van der Waals surface area (Å²) in [6.07, 6.45) is 10.1. The minimum atomic E-state index is -0.450. The van der Waals surface area contributed by atoms with Crippen LogP contribution in [0, 0.1) is 0 Å². The highest BCUT2D eigenvalue weighted by Crippen LogP contribution is 2.29. The number of nitrogens with two attached hydrogens (primary N) is 1. The van der Waals surface area contributed by atoms with E-state index in [0.29, 0.717) is 12.5 Å². The fourth-order valence-corrected chi connectivity index (χ4v) is 2.69. The van der Waals surface area contributed by atoms with Gasteiger partial charge in [0.1, 0.15) is 17.2 Å². The molecule has 0 aromatic carbocycles. The van der Waals surface area contributed by atoms with Crippen LogP contribution in [-0.4, -0.2) is 22.5 Å². The van der Waals surface area contributed by atoms with E-state index in [2.05, 4.69) is 9.97 Å². The predicted octanol–water partition coefficient (Wildman–Crippen LogP) is 3.06. The van der Waals surface area contributed by atoms with Gasteiger partial charge in [0.15, 0.2) is 0 Å². The topological polar surface area (TPSA) is 78.1 Å². The van der Waals surface area contributed by atoms with Gasteiger partial charge in [-0.2, -0.15) is 0 Å². The Morgan fingerprint density at radius 3 is 2.55 bits per heavy atom. The van der Waals surface area contributed by atoms with Crippen LogP contribution >= 0.6 is 0 Å². The van der Waals surface area contributed by atoms with Gasteiger partial charge >= 0.3 is 5.97 Å². The highest BCUT2D eigenvalue weighted by molar-refractivity contribution is 5.93. The number of nitrogens with zero attached hydrogens (tertiary/aromatic N) is 2. The van der Waals surface area contributed by atoms with E-state index in [-0.39, 0.29) is 11.4 Å². The zero-order valence-corrected chi connectivity index (χ0v) is 12.1. The van der Waals surface area contributed by atoms with Crippen molar-refractivity contribution in [2.75, 3.05) is 12.3 Å². The van der Waals surface area contributed by atoms with Crippen molar-refractivity contribution in [2.24, 2.45) is 0 Å². The summed E-state index contributed by atoms with van der Waals surface area (Å²) in [5, 5.41) is 0. The van der Waals surface area contributed by atoms with Gasteiger partial charge in [-0.05, 0) is 19.8 Å². The number of carbonyl (C=O) groups excluding carboxylic acids is 1. The molecular weight excluding hydrogens is 254 g/mol. The lowest BCUT2D eigenvalue weighted by atomic mass is 9.90. The number of rotatable bonds is 3. The van der Waals surface area contributed by atoms with Gasteiger partial charge in [-0.3, -0.25) is 0 Å². The monoisotopic (exact) mass is 277 g/mol. The average molecular weight is 277 g/mol. The number of hydrogen-bond acceptors (Lipinski definition) is 5. The summed E-state index contributed by atoms with van der Waals surface area (Å²) in [5.74, 6) is 0.927. The van der Waals surface area contributed by atoms with E-state index in [1.165, 1.54) is 38.3 Å². The molecule has 2 N–H and O–H groups in total. The Morgan fingerprint density at radius 2 is 1.95 bits per heavy atom. The minimum absolute atomic E-state index is 0.232. The first-order chi connectivity index (χ1) is 9.72. The smallest absolute Gasteiger partial charge is 0.343 e. The maximum atomic E-state index is 11.7.